The second-order valence-electron chi connectivity index (χ2n) is 1.14. The molecule has 0 aromatic heterocycles. The fourth-order valence-electron chi connectivity index (χ4n) is 0.168. The van der Waals surface area contributed by atoms with E-state index in [4.69, 9.17) is 9.79 Å². The quantitative estimate of drug-likeness (QED) is 0.527. The van der Waals surface area contributed by atoms with Gasteiger partial charge in [0.2, 0.25) is 0 Å². The molecule has 0 unspecified atom stereocenters. The molecule has 0 atom stereocenters. The Morgan fingerprint density at radius 1 is 1.62 bits per heavy atom. The van der Waals surface area contributed by atoms with Crippen molar-refractivity contribution >= 4 is 76.5 Å². The van der Waals surface area contributed by atoms with Crippen molar-refractivity contribution in [1.29, 1.82) is 0 Å². The second kappa shape index (κ2) is 5.71. The molecule has 0 saturated carbocycles. The van der Waals surface area contributed by atoms with E-state index in [0.29, 0.717) is 0 Å². The number of rotatable bonds is 2. The molecule has 0 fully saturated rings. The van der Waals surface area contributed by atoms with Crippen molar-refractivity contribution < 1.29 is 14.4 Å². The van der Waals surface area contributed by atoms with Crippen molar-refractivity contribution in [3.8, 4) is 0 Å². The fraction of sp³-hybridized carbons (Fsp3) is 0.333. The topological polar surface area (TPSA) is 57.5 Å². The molecule has 0 aromatic carbocycles. The van der Waals surface area contributed by atoms with Crippen LogP contribution in [0.4, 0.5) is 0 Å². The summed E-state index contributed by atoms with van der Waals surface area (Å²) >= 11 is 0. The van der Waals surface area contributed by atoms with Crippen LogP contribution in [0.1, 0.15) is 0 Å². The average molecular weight is 256 g/mol. The third-order valence-corrected chi connectivity index (χ3v) is 1.10. The van der Waals surface area contributed by atoms with Gasteiger partial charge in [0.05, 0.1) is 6.16 Å². The Bertz CT molecular complexity index is 107. The van der Waals surface area contributed by atoms with Crippen LogP contribution in [0.5, 0.6) is 0 Å². The summed E-state index contributed by atoms with van der Waals surface area (Å²) in [5.74, 6) is 0. The zero-order valence-corrected chi connectivity index (χ0v) is 4.64. The summed E-state index contributed by atoms with van der Waals surface area (Å²) in [5.41, 5.74) is 0. The molecule has 0 bridgehead atoms. The Labute approximate surface area is 107 Å². The van der Waals surface area contributed by atoms with Crippen LogP contribution >= 0.6 is 7.60 Å². The van der Waals surface area contributed by atoms with E-state index in [0.717, 1.165) is 0 Å². The molecule has 0 saturated heterocycles. The Balaban J connectivity index is 0. The summed E-state index contributed by atoms with van der Waals surface area (Å²) in [6, 6.07) is 0. The van der Waals surface area contributed by atoms with Gasteiger partial charge in [-0.1, -0.05) is 6.08 Å². The SMILES string of the molecule is C=CCP(=O)(O)O.[CsH]. The second-order valence-corrected chi connectivity index (χ2v) is 2.83. The summed E-state index contributed by atoms with van der Waals surface area (Å²) < 4.78 is 9.85. The molecule has 0 radical (unpaired) electrons. The third-order valence-electron chi connectivity index (χ3n) is 0.367. The van der Waals surface area contributed by atoms with Crippen LogP contribution in [0, 0.1) is 0 Å². The first-order valence-corrected chi connectivity index (χ1v) is 3.51. The van der Waals surface area contributed by atoms with Gasteiger partial charge in [0.25, 0.3) is 0 Å². The molecule has 0 heterocycles. The zero-order chi connectivity index (χ0) is 5.91. The molecule has 0 aliphatic heterocycles. The molecule has 0 spiro atoms. The van der Waals surface area contributed by atoms with Gasteiger partial charge in [-0.3, -0.25) is 4.57 Å². The van der Waals surface area contributed by atoms with Crippen LogP contribution < -0.4 is 0 Å². The van der Waals surface area contributed by atoms with Gasteiger partial charge >= 0.3 is 76.5 Å². The Kier molecular flexibility index (Phi) is 8.99. The van der Waals surface area contributed by atoms with Crippen molar-refractivity contribution in [1.82, 2.24) is 0 Å². The van der Waals surface area contributed by atoms with Gasteiger partial charge in [-0.15, -0.1) is 6.58 Å². The summed E-state index contributed by atoms with van der Waals surface area (Å²) in [4.78, 5) is 16.1. The standard InChI is InChI=1S/C3H7O3P.Cs.H/c1-2-3-7(4,5)6;;/h2H,1,3H2,(H2,4,5,6);;. The van der Waals surface area contributed by atoms with Crippen molar-refractivity contribution in [3.05, 3.63) is 12.7 Å². The van der Waals surface area contributed by atoms with Crippen molar-refractivity contribution in [2.24, 2.45) is 0 Å². The first kappa shape index (κ1) is 12.6. The molecule has 44 valence electrons. The van der Waals surface area contributed by atoms with Gasteiger partial charge in [0.15, 0.2) is 0 Å². The Hall–Kier alpha value is 1.94. The van der Waals surface area contributed by atoms with Gasteiger partial charge in [-0.05, 0) is 0 Å². The Morgan fingerprint density at radius 3 is 2.00 bits per heavy atom. The van der Waals surface area contributed by atoms with E-state index >= 15 is 0 Å². The third kappa shape index (κ3) is 10.8. The molecular weight excluding hydrogens is 248 g/mol. The number of hydrogen-bond acceptors (Lipinski definition) is 1. The average Bonchev–Trinajstić information content (AvgIpc) is 1.30. The first-order chi connectivity index (χ1) is 3.06. The van der Waals surface area contributed by atoms with E-state index in [1.807, 2.05) is 0 Å². The van der Waals surface area contributed by atoms with E-state index in [1.54, 1.807) is 0 Å². The molecule has 5 heteroatoms. The molecule has 8 heavy (non-hydrogen) atoms. The number of hydrogen-bond donors (Lipinski definition) is 2. The molecular formula is C3H8CsO3P. The molecule has 0 rings (SSSR count). The molecule has 0 aromatic rings. The van der Waals surface area contributed by atoms with Crippen molar-refractivity contribution in [2.75, 3.05) is 6.16 Å². The minimum absolute atomic E-state index is 0. The molecule has 0 amide bonds. The maximum absolute atomic E-state index is 9.85. The van der Waals surface area contributed by atoms with Crippen molar-refractivity contribution in [3.63, 3.8) is 0 Å². The van der Waals surface area contributed by atoms with Crippen LogP contribution in [0.3, 0.4) is 0 Å². The normalized spacial score (nSPS) is 9.75. The van der Waals surface area contributed by atoms with Crippen molar-refractivity contribution in [2.45, 2.75) is 0 Å². The predicted octanol–water partition coefficient (Wildman–Crippen LogP) is -0.298. The van der Waals surface area contributed by atoms with Crippen LogP contribution in [-0.4, -0.2) is 84.8 Å². The van der Waals surface area contributed by atoms with Crippen LogP contribution in [0.2, 0.25) is 0 Å². The predicted molar refractivity (Wildman–Crippen MR) is 34.3 cm³/mol. The van der Waals surface area contributed by atoms with E-state index in [2.05, 4.69) is 6.58 Å². The fourth-order valence-corrected chi connectivity index (χ4v) is 0.505. The van der Waals surface area contributed by atoms with Gasteiger partial charge in [0.1, 0.15) is 0 Å². The Morgan fingerprint density at radius 2 is 2.00 bits per heavy atom. The van der Waals surface area contributed by atoms with Gasteiger partial charge in [0, 0.05) is 0 Å². The van der Waals surface area contributed by atoms with Crippen LogP contribution in [0.25, 0.3) is 0 Å². The summed E-state index contributed by atoms with van der Waals surface area (Å²) in [6.07, 6.45) is 0.966. The van der Waals surface area contributed by atoms with Gasteiger partial charge in [-0.2, -0.15) is 0 Å². The monoisotopic (exact) mass is 256 g/mol. The molecule has 3 nitrogen and oxygen atoms in total. The number of allylic oxidation sites excluding steroid dienone is 1. The van der Waals surface area contributed by atoms with E-state index in [1.165, 1.54) is 6.08 Å². The maximum atomic E-state index is 9.85. The van der Waals surface area contributed by atoms with E-state index < -0.39 is 7.60 Å². The van der Waals surface area contributed by atoms with E-state index in [9.17, 15) is 4.57 Å². The van der Waals surface area contributed by atoms with Crippen LogP contribution in [0.15, 0.2) is 12.7 Å². The van der Waals surface area contributed by atoms with Gasteiger partial charge < -0.3 is 9.79 Å². The minimum atomic E-state index is -3.78. The summed E-state index contributed by atoms with van der Waals surface area (Å²) in [6.45, 7) is 3.15. The molecule has 0 aliphatic carbocycles. The zero-order valence-electron chi connectivity index (χ0n) is 3.74. The first-order valence-electron chi connectivity index (χ1n) is 1.72. The van der Waals surface area contributed by atoms with Gasteiger partial charge in [-0.25, -0.2) is 0 Å². The summed E-state index contributed by atoms with van der Waals surface area (Å²) in [7, 11) is -3.78. The van der Waals surface area contributed by atoms with E-state index in [-0.39, 0.29) is 75.1 Å². The van der Waals surface area contributed by atoms with Crippen LogP contribution in [-0.2, 0) is 4.57 Å². The molecule has 0 aliphatic rings. The summed E-state index contributed by atoms with van der Waals surface area (Å²) in [5, 5.41) is 0. The molecule has 2 N–H and O–H groups in total.